The zero-order valence-corrected chi connectivity index (χ0v) is 11.1. The summed E-state index contributed by atoms with van der Waals surface area (Å²) in [5.41, 5.74) is 1.84. The van der Waals surface area contributed by atoms with E-state index in [1.807, 2.05) is 36.4 Å². The molecule has 1 heterocycles. The number of carbonyl (C=O) groups excluding carboxylic acids is 1. The molecule has 3 rings (SSSR count). The number of carbonyl (C=O) groups is 1. The molecule has 102 valence electrons. The Labute approximate surface area is 116 Å². The Hall–Kier alpha value is -2.56. The van der Waals surface area contributed by atoms with Crippen LogP contribution in [0.3, 0.4) is 0 Å². The van der Waals surface area contributed by atoms with Crippen LogP contribution in [0.2, 0.25) is 0 Å². The van der Waals surface area contributed by atoms with E-state index in [0.29, 0.717) is 12.4 Å². The van der Waals surface area contributed by atoms with Crippen LogP contribution in [0.1, 0.15) is 6.92 Å². The molecular weight excluding hydrogens is 256 g/mol. The highest BCUT2D eigenvalue weighted by atomic mass is 16.7. The number of amidine groups is 1. The first-order valence-electron chi connectivity index (χ1n) is 6.44. The molecule has 0 radical (unpaired) electrons. The molecule has 1 aliphatic rings. The SMILES string of the molecule is CCOC(=O)OCC1=Nc2cccc3cccc(c23)N1. The van der Waals surface area contributed by atoms with Crippen molar-refractivity contribution in [2.24, 2.45) is 4.99 Å². The number of anilines is 1. The van der Waals surface area contributed by atoms with Gasteiger partial charge < -0.3 is 14.8 Å². The number of hydrogen-bond donors (Lipinski definition) is 1. The van der Waals surface area contributed by atoms with Crippen LogP contribution in [-0.2, 0) is 9.47 Å². The largest absolute Gasteiger partial charge is 0.508 e. The van der Waals surface area contributed by atoms with Crippen molar-refractivity contribution in [3.05, 3.63) is 36.4 Å². The lowest BCUT2D eigenvalue weighted by Crippen LogP contribution is -2.23. The van der Waals surface area contributed by atoms with E-state index < -0.39 is 6.16 Å². The molecule has 0 aromatic heterocycles. The van der Waals surface area contributed by atoms with Crippen molar-refractivity contribution in [1.29, 1.82) is 0 Å². The Morgan fingerprint density at radius 1 is 1.20 bits per heavy atom. The number of ether oxygens (including phenoxy) is 2. The van der Waals surface area contributed by atoms with Crippen LogP contribution in [0.4, 0.5) is 16.2 Å². The highest BCUT2D eigenvalue weighted by Gasteiger charge is 2.15. The molecule has 2 aromatic carbocycles. The second kappa shape index (κ2) is 5.21. The lowest BCUT2D eigenvalue weighted by Gasteiger charge is -2.18. The zero-order valence-electron chi connectivity index (χ0n) is 11.1. The molecule has 20 heavy (non-hydrogen) atoms. The minimum atomic E-state index is -0.686. The van der Waals surface area contributed by atoms with Gasteiger partial charge >= 0.3 is 6.16 Å². The maximum Gasteiger partial charge on any atom is 0.508 e. The smallest absolute Gasteiger partial charge is 0.435 e. The van der Waals surface area contributed by atoms with Crippen molar-refractivity contribution in [1.82, 2.24) is 0 Å². The molecular formula is C15H14N2O3. The summed E-state index contributed by atoms with van der Waals surface area (Å²) in [6.45, 7) is 2.08. The maximum atomic E-state index is 11.2. The number of hydrogen-bond acceptors (Lipinski definition) is 5. The Morgan fingerprint density at radius 2 is 2.00 bits per heavy atom. The van der Waals surface area contributed by atoms with E-state index >= 15 is 0 Å². The van der Waals surface area contributed by atoms with E-state index in [-0.39, 0.29) is 6.61 Å². The van der Waals surface area contributed by atoms with Gasteiger partial charge in [-0.2, -0.15) is 0 Å². The topological polar surface area (TPSA) is 59.9 Å². The quantitative estimate of drug-likeness (QED) is 0.867. The standard InChI is InChI=1S/C15H14N2O3/c1-2-19-15(18)20-9-13-16-11-7-3-5-10-6-4-8-12(17-13)14(10)11/h3-8H,2,9H2,1H3,(H,16,17). The van der Waals surface area contributed by atoms with Gasteiger partial charge in [-0.25, -0.2) is 9.79 Å². The lowest BCUT2D eigenvalue weighted by molar-refractivity contribution is 0.0699. The third kappa shape index (κ3) is 2.30. The fourth-order valence-electron chi connectivity index (χ4n) is 2.20. The van der Waals surface area contributed by atoms with Gasteiger partial charge in [0.1, 0.15) is 5.84 Å². The average molecular weight is 270 g/mol. The summed E-state index contributed by atoms with van der Waals surface area (Å²) in [7, 11) is 0. The third-order valence-electron chi connectivity index (χ3n) is 3.01. The van der Waals surface area contributed by atoms with Crippen molar-refractivity contribution in [2.45, 2.75) is 6.92 Å². The van der Waals surface area contributed by atoms with E-state index in [2.05, 4.69) is 10.3 Å². The fourth-order valence-corrected chi connectivity index (χ4v) is 2.20. The Morgan fingerprint density at radius 3 is 2.80 bits per heavy atom. The van der Waals surface area contributed by atoms with Crippen molar-refractivity contribution in [2.75, 3.05) is 18.5 Å². The normalized spacial score (nSPS) is 12.6. The van der Waals surface area contributed by atoms with E-state index in [4.69, 9.17) is 9.47 Å². The monoisotopic (exact) mass is 270 g/mol. The molecule has 0 atom stereocenters. The summed E-state index contributed by atoms with van der Waals surface area (Å²) in [5, 5.41) is 5.38. The number of benzene rings is 2. The fraction of sp³-hybridized carbons (Fsp3) is 0.200. The first-order valence-corrected chi connectivity index (χ1v) is 6.44. The van der Waals surface area contributed by atoms with Crippen molar-refractivity contribution in [3.63, 3.8) is 0 Å². The van der Waals surface area contributed by atoms with Crippen LogP contribution in [-0.4, -0.2) is 25.2 Å². The molecule has 0 bridgehead atoms. The summed E-state index contributed by atoms with van der Waals surface area (Å²) in [4.78, 5) is 15.7. The van der Waals surface area contributed by atoms with Gasteiger partial charge in [0.25, 0.3) is 0 Å². The van der Waals surface area contributed by atoms with Crippen molar-refractivity contribution in [3.8, 4) is 0 Å². The van der Waals surface area contributed by atoms with Gasteiger partial charge in [-0.15, -0.1) is 0 Å². The first kappa shape index (κ1) is 12.5. The molecule has 0 unspecified atom stereocenters. The van der Waals surface area contributed by atoms with E-state index in [1.165, 1.54) is 0 Å². The summed E-state index contributed by atoms with van der Waals surface area (Å²) >= 11 is 0. The molecule has 5 heteroatoms. The number of nitrogens with one attached hydrogen (secondary N) is 1. The minimum Gasteiger partial charge on any atom is -0.435 e. The molecule has 0 amide bonds. The number of nitrogens with zero attached hydrogens (tertiary/aromatic N) is 1. The van der Waals surface area contributed by atoms with Gasteiger partial charge in [0.05, 0.1) is 12.3 Å². The molecule has 0 spiro atoms. The Bertz CT molecular complexity index is 689. The third-order valence-corrected chi connectivity index (χ3v) is 3.01. The van der Waals surface area contributed by atoms with Gasteiger partial charge in [-0.1, -0.05) is 24.3 Å². The highest BCUT2D eigenvalue weighted by molar-refractivity contribution is 6.14. The molecule has 0 fully saturated rings. The van der Waals surface area contributed by atoms with Crippen molar-refractivity contribution >= 4 is 34.1 Å². The molecule has 0 saturated heterocycles. The second-order valence-electron chi connectivity index (χ2n) is 4.34. The molecule has 1 N–H and O–H groups in total. The molecule has 0 aliphatic carbocycles. The average Bonchev–Trinajstić information content (AvgIpc) is 2.46. The Kier molecular flexibility index (Phi) is 3.25. The van der Waals surface area contributed by atoms with Gasteiger partial charge in [0, 0.05) is 11.1 Å². The van der Waals surface area contributed by atoms with Gasteiger partial charge in [-0.05, 0) is 24.4 Å². The maximum absolute atomic E-state index is 11.2. The van der Waals surface area contributed by atoms with Gasteiger partial charge in [0.15, 0.2) is 6.61 Å². The summed E-state index contributed by atoms with van der Waals surface area (Å²) in [6, 6.07) is 11.9. The lowest BCUT2D eigenvalue weighted by atomic mass is 10.1. The molecule has 1 aliphatic heterocycles. The van der Waals surface area contributed by atoms with E-state index in [1.54, 1.807) is 6.92 Å². The van der Waals surface area contributed by atoms with E-state index in [0.717, 1.165) is 22.1 Å². The molecule has 2 aromatic rings. The number of aliphatic imine (C=N–C) groups is 1. The zero-order chi connectivity index (χ0) is 13.9. The summed E-state index contributed by atoms with van der Waals surface area (Å²) in [5.74, 6) is 0.587. The van der Waals surface area contributed by atoms with Crippen LogP contribution in [0.25, 0.3) is 10.8 Å². The minimum absolute atomic E-state index is 0.0591. The van der Waals surface area contributed by atoms with Crippen molar-refractivity contribution < 1.29 is 14.3 Å². The molecule has 0 saturated carbocycles. The first-order chi connectivity index (χ1) is 9.78. The van der Waals surface area contributed by atoms with E-state index in [9.17, 15) is 4.79 Å². The number of rotatable bonds is 3. The van der Waals surface area contributed by atoms with Crippen LogP contribution < -0.4 is 5.32 Å². The van der Waals surface area contributed by atoms with Gasteiger partial charge in [-0.3, -0.25) is 0 Å². The van der Waals surface area contributed by atoms with Crippen LogP contribution in [0, 0.1) is 0 Å². The highest BCUT2D eigenvalue weighted by Crippen LogP contribution is 2.35. The van der Waals surface area contributed by atoms with Crippen LogP contribution in [0.5, 0.6) is 0 Å². The van der Waals surface area contributed by atoms with Gasteiger partial charge in [0.2, 0.25) is 0 Å². The molecule has 5 nitrogen and oxygen atoms in total. The summed E-state index contributed by atoms with van der Waals surface area (Å²) in [6.07, 6.45) is -0.686. The van der Waals surface area contributed by atoms with Crippen LogP contribution in [0.15, 0.2) is 41.4 Å². The van der Waals surface area contributed by atoms with Crippen LogP contribution >= 0.6 is 0 Å². The Balaban J connectivity index is 1.85. The predicted molar refractivity (Wildman–Crippen MR) is 77.6 cm³/mol. The predicted octanol–water partition coefficient (Wildman–Crippen LogP) is 3.47. The summed E-state index contributed by atoms with van der Waals surface area (Å²) < 4.78 is 9.69. The second-order valence-corrected chi connectivity index (χ2v) is 4.34.